The third-order valence-electron chi connectivity index (χ3n) is 6.28. The largest absolute Gasteiger partial charge is 0.465 e. The number of hydrogen-bond acceptors (Lipinski definition) is 6. The predicted molar refractivity (Wildman–Crippen MR) is 123 cm³/mol. The van der Waals surface area contributed by atoms with Gasteiger partial charge in [0.15, 0.2) is 4.21 Å². The second kappa shape index (κ2) is 9.80. The number of rotatable bonds is 6. The lowest BCUT2D eigenvalue weighted by Crippen LogP contribution is -2.36. The highest BCUT2D eigenvalue weighted by Crippen LogP contribution is 2.38. The average molecular weight is 495 g/mol. The van der Waals surface area contributed by atoms with Crippen molar-refractivity contribution in [2.75, 3.05) is 18.4 Å². The van der Waals surface area contributed by atoms with E-state index >= 15 is 0 Å². The smallest absolute Gasteiger partial charge is 0.340 e. The summed E-state index contributed by atoms with van der Waals surface area (Å²) in [5.41, 5.74) is 0.662. The van der Waals surface area contributed by atoms with Crippen LogP contribution in [0.4, 0.5) is 10.1 Å². The third-order valence-corrected chi connectivity index (χ3v) is 9.39. The van der Waals surface area contributed by atoms with Gasteiger partial charge in [-0.15, -0.1) is 11.3 Å². The Hall–Kier alpha value is -2.46. The summed E-state index contributed by atoms with van der Waals surface area (Å²) in [6.07, 6.45) is 6.59. The standard InChI is InChI=1S/C23H27FN2O5S2/c1-31-22(28)21-18-10-11-26(20(27)12-15-6-3-2-4-7-15)14-19(18)32-23(21)33(29,30)25-17-9-5-8-16(24)13-17/h5,8-9,13,15,25H,2-4,6-7,10-12,14H2,1H3. The van der Waals surface area contributed by atoms with Gasteiger partial charge >= 0.3 is 5.97 Å². The summed E-state index contributed by atoms with van der Waals surface area (Å²) in [4.78, 5) is 27.9. The van der Waals surface area contributed by atoms with Crippen LogP contribution in [0.2, 0.25) is 0 Å². The first-order chi connectivity index (χ1) is 15.8. The number of ether oxygens (including phenoxy) is 1. The van der Waals surface area contributed by atoms with Crippen LogP contribution >= 0.6 is 11.3 Å². The quantitative estimate of drug-likeness (QED) is 0.604. The molecule has 1 aromatic heterocycles. The fourth-order valence-electron chi connectivity index (χ4n) is 4.61. The predicted octanol–water partition coefficient (Wildman–Crippen LogP) is 4.33. The van der Waals surface area contributed by atoms with Crippen LogP contribution in [0.25, 0.3) is 0 Å². The van der Waals surface area contributed by atoms with Crippen molar-refractivity contribution in [3.63, 3.8) is 0 Å². The molecule has 1 fully saturated rings. The summed E-state index contributed by atoms with van der Waals surface area (Å²) < 4.78 is 46.9. The highest BCUT2D eigenvalue weighted by molar-refractivity contribution is 7.94. The number of carbonyl (C=O) groups is 2. The summed E-state index contributed by atoms with van der Waals surface area (Å²) in [7, 11) is -2.97. The van der Waals surface area contributed by atoms with E-state index in [-0.39, 0.29) is 27.9 Å². The van der Waals surface area contributed by atoms with Gasteiger partial charge in [0.2, 0.25) is 5.91 Å². The van der Waals surface area contributed by atoms with Crippen molar-refractivity contribution >= 4 is 38.9 Å². The van der Waals surface area contributed by atoms with Crippen LogP contribution in [0.1, 0.15) is 59.3 Å². The Bertz CT molecular complexity index is 1160. The number of halogens is 1. The molecule has 0 spiro atoms. The van der Waals surface area contributed by atoms with Crippen LogP contribution in [0.3, 0.4) is 0 Å². The number of nitrogens with one attached hydrogen (secondary N) is 1. The monoisotopic (exact) mass is 494 g/mol. The van der Waals surface area contributed by atoms with E-state index in [2.05, 4.69) is 4.72 Å². The van der Waals surface area contributed by atoms with Gasteiger partial charge in [0.1, 0.15) is 5.82 Å². The molecule has 1 aliphatic heterocycles. The molecule has 2 aliphatic rings. The van der Waals surface area contributed by atoms with Crippen LogP contribution < -0.4 is 4.72 Å². The van der Waals surface area contributed by atoms with E-state index in [1.807, 2.05) is 0 Å². The Morgan fingerprint density at radius 3 is 2.70 bits per heavy atom. The summed E-state index contributed by atoms with van der Waals surface area (Å²) in [5, 5.41) is 0. The van der Waals surface area contributed by atoms with E-state index in [0.29, 0.717) is 35.7 Å². The molecule has 1 aliphatic carbocycles. The molecular formula is C23H27FN2O5S2. The zero-order chi connectivity index (χ0) is 23.6. The molecule has 10 heteroatoms. The lowest BCUT2D eigenvalue weighted by atomic mass is 9.86. The van der Waals surface area contributed by atoms with E-state index in [4.69, 9.17) is 4.74 Å². The maximum Gasteiger partial charge on any atom is 0.340 e. The van der Waals surface area contributed by atoms with Crippen molar-refractivity contribution in [2.45, 2.75) is 55.7 Å². The van der Waals surface area contributed by atoms with Gasteiger partial charge in [-0.2, -0.15) is 0 Å². The first-order valence-electron chi connectivity index (χ1n) is 11.1. The Balaban J connectivity index is 1.60. The molecule has 1 N–H and O–H groups in total. The van der Waals surface area contributed by atoms with E-state index in [9.17, 15) is 22.4 Å². The van der Waals surface area contributed by atoms with Gasteiger partial charge in [-0.1, -0.05) is 25.3 Å². The van der Waals surface area contributed by atoms with Crippen LogP contribution in [-0.4, -0.2) is 38.8 Å². The minimum atomic E-state index is -4.17. The zero-order valence-corrected chi connectivity index (χ0v) is 20.1. The molecule has 0 bridgehead atoms. The lowest BCUT2D eigenvalue weighted by molar-refractivity contribution is -0.133. The number of amides is 1. The number of carbonyl (C=O) groups excluding carboxylic acids is 2. The van der Waals surface area contributed by atoms with Crippen molar-refractivity contribution in [1.82, 2.24) is 4.90 Å². The van der Waals surface area contributed by atoms with Crippen molar-refractivity contribution < 1.29 is 27.1 Å². The molecule has 0 atom stereocenters. The number of anilines is 1. The van der Waals surface area contributed by atoms with Gasteiger partial charge in [0, 0.05) is 17.8 Å². The number of thiophene rings is 1. The second-order valence-electron chi connectivity index (χ2n) is 8.55. The van der Waals surface area contributed by atoms with E-state index < -0.39 is 21.8 Å². The van der Waals surface area contributed by atoms with Crippen LogP contribution in [0, 0.1) is 11.7 Å². The van der Waals surface area contributed by atoms with E-state index in [1.54, 1.807) is 4.90 Å². The number of esters is 1. The number of fused-ring (bicyclic) bond motifs is 1. The van der Waals surface area contributed by atoms with Crippen molar-refractivity contribution in [3.8, 4) is 0 Å². The van der Waals surface area contributed by atoms with Gasteiger partial charge in [-0.3, -0.25) is 9.52 Å². The molecule has 1 aromatic carbocycles. The summed E-state index contributed by atoms with van der Waals surface area (Å²) in [5.74, 6) is -0.842. The number of benzene rings is 1. The molecular weight excluding hydrogens is 467 g/mol. The molecule has 0 radical (unpaired) electrons. The number of nitrogens with zero attached hydrogens (tertiary/aromatic N) is 1. The van der Waals surface area contributed by atoms with Crippen LogP contribution in [0.5, 0.6) is 0 Å². The van der Waals surface area contributed by atoms with Gasteiger partial charge in [-0.05, 0) is 48.9 Å². The minimum absolute atomic E-state index is 0.000725. The molecule has 0 unspecified atom stereocenters. The van der Waals surface area contributed by atoms with Crippen molar-refractivity contribution in [1.29, 1.82) is 0 Å². The molecule has 1 amide bonds. The average Bonchev–Trinajstić information content (AvgIpc) is 3.19. The fraction of sp³-hybridized carbons (Fsp3) is 0.478. The third kappa shape index (κ3) is 5.22. The first kappa shape index (κ1) is 23.7. The molecule has 0 saturated heterocycles. The summed E-state index contributed by atoms with van der Waals surface area (Å²) >= 11 is 0.964. The normalized spacial score (nSPS) is 16.8. The molecule has 2 aromatic rings. The van der Waals surface area contributed by atoms with Gasteiger partial charge in [0.05, 0.1) is 24.9 Å². The van der Waals surface area contributed by atoms with E-state index in [1.165, 1.54) is 31.7 Å². The Morgan fingerprint density at radius 1 is 1.24 bits per heavy atom. The SMILES string of the molecule is COC(=O)c1c(S(=O)(=O)Nc2cccc(F)c2)sc2c1CCN(C(=O)CC1CCCCC1)C2. The summed E-state index contributed by atoms with van der Waals surface area (Å²) in [6, 6.07) is 5.09. The summed E-state index contributed by atoms with van der Waals surface area (Å²) in [6.45, 7) is 0.696. The zero-order valence-electron chi connectivity index (χ0n) is 18.4. The molecule has 33 heavy (non-hydrogen) atoms. The van der Waals surface area contributed by atoms with Gasteiger partial charge in [0.25, 0.3) is 10.0 Å². The molecule has 4 rings (SSSR count). The maximum absolute atomic E-state index is 13.5. The molecule has 1 saturated carbocycles. The van der Waals surface area contributed by atoms with Crippen molar-refractivity contribution in [2.24, 2.45) is 5.92 Å². The van der Waals surface area contributed by atoms with Crippen LogP contribution in [-0.2, 0) is 32.5 Å². The van der Waals surface area contributed by atoms with Crippen molar-refractivity contribution in [3.05, 3.63) is 46.1 Å². The Labute approximate surface area is 197 Å². The number of sulfonamides is 1. The first-order valence-corrected chi connectivity index (χ1v) is 13.4. The Kier molecular flexibility index (Phi) is 7.04. The van der Waals surface area contributed by atoms with Gasteiger partial charge in [-0.25, -0.2) is 17.6 Å². The van der Waals surface area contributed by atoms with Gasteiger partial charge < -0.3 is 9.64 Å². The number of methoxy groups -OCH3 is 1. The second-order valence-corrected chi connectivity index (χ2v) is 11.5. The molecule has 178 valence electrons. The lowest BCUT2D eigenvalue weighted by Gasteiger charge is -2.29. The highest BCUT2D eigenvalue weighted by atomic mass is 32.2. The molecule has 2 heterocycles. The maximum atomic E-state index is 13.5. The van der Waals surface area contributed by atoms with E-state index in [0.717, 1.165) is 43.1 Å². The highest BCUT2D eigenvalue weighted by Gasteiger charge is 2.35. The topological polar surface area (TPSA) is 92.8 Å². The molecule has 7 nitrogen and oxygen atoms in total. The fourth-order valence-corrected chi connectivity index (χ4v) is 7.56. The Morgan fingerprint density at radius 2 is 2.00 bits per heavy atom. The minimum Gasteiger partial charge on any atom is -0.465 e. The number of hydrogen-bond donors (Lipinski definition) is 1. The van der Waals surface area contributed by atoms with Crippen LogP contribution in [0.15, 0.2) is 28.5 Å².